The Kier molecular flexibility index (Phi) is 10.2. The highest BCUT2D eigenvalue weighted by Gasteiger charge is 2.50. The first kappa shape index (κ1) is 31.9. The lowest BCUT2D eigenvalue weighted by atomic mass is 9.90. The molecule has 3 fully saturated rings. The van der Waals surface area contributed by atoms with Crippen LogP contribution < -0.4 is 26.0 Å². The molecule has 1 aliphatic carbocycles. The Labute approximate surface area is 257 Å². The molecule has 0 unspecified atom stereocenters. The van der Waals surface area contributed by atoms with E-state index in [9.17, 15) is 24.0 Å². The van der Waals surface area contributed by atoms with Gasteiger partial charge in [-0.3, -0.25) is 24.1 Å². The smallest absolute Gasteiger partial charge is 0.410 e. The SMILES string of the molecule is C[C@H](NC(=O)CN1CCOCC1)C(=O)N[C@@H](Cc1ccc2c(c1)CNC(=O)O2)C(=O)N[C@@H](CC1CCCC1)C(=O)[C@@]1(C)CO1. The molecular formula is C31H43N5O8. The van der Waals surface area contributed by atoms with Crippen LogP contribution in [0.15, 0.2) is 18.2 Å². The van der Waals surface area contributed by atoms with Gasteiger partial charge in [0.15, 0.2) is 5.78 Å². The highest BCUT2D eigenvalue weighted by Crippen LogP contribution is 2.33. The Morgan fingerprint density at radius 3 is 2.45 bits per heavy atom. The van der Waals surface area contributed by atoms with Crippen LogP contribution in [0.5, 0.6) is 5.75 Å². The second kappa shape index (κ2) is 14.0. The number of hydrogen-bond donors (Lipinski definition) is 4. The van der Waals surface area contributed by atoms with E-state index in [1.807, 2.05) is 11.0 Å². The second-order valence-corrected chi connectivity index (χ2v) is 12.5. The van der Waals surface area contributed by atoms with Gasteiger partial charge < -0.3 is 35.5 Å². The van der Waals surface area contributed by atoms with Crippen molar-refractivity contribution in [1.29, 1.82) is 0 Å². The maximum Gasteiger partial charge on any atom is 0.412 e. The Morgan fingerprint density at radius 1 is 1.05 bits per heavy atom. The summed E-state index contributed by atoms with van der Waals surface area (Å²) in [6.45, 7) is 6.41. The van der Waals surface area contributed by atoms with Crippen molar-refractivity contribution in [2.45, 2.75) is 82.6 Å². The molecule has 4 atom stereocenters. The summed E-state index contributed by atoms with van der Waals surface area (Å²) < 4.78 is 16.0. The molecular weight excluding hydrogens is 570 g/mol. The zero-order valence-electron chi connectivity index (χ0n) is 25.4. The Bertz CT molecular complexity index is 1260. The minimum Gasteiger partial charge on any atom is -0.410 e. The number of epoxide rings is 1. The molecule has 5 rings (SSSR count). The summed E-state index contributed by atoms with van der Waals surface area (Å²) in [5.41, 5.74) is 0.561. The molecule has 4 N–H and O–H groups in total. The van der Waals surface area contributed by atoms with Crippen molar-refractivity contribution in [2.75, 3.05) is 39.5 Å². The van der Waals surface area contributed by atoms with Crippen LogP contribution in [-0.2, 0) is 41.6 Å². The Morgan fingerprint density at radius 2 is 1.75 bits per heavy atom. The van der Waals surface area contributed by atoms with E-state index >= 15 is 0 Å². The highest BCUT2D eigenvalue weighted by molar-refractivity contribution is 5.98. The zero-order chi connectivity index (χ0) is 31.3. The molecule has 0 aromatic heterocycles. The van der Waals surface area contributed by atoms with E-state index < -0.39 is 41.6 Å². The van der Waals surface area contributed by atoms with E-state index in [2.05, 4.69) is 21.3 Å². The average molecular weight is 614 g/mol. The number of ether oxygens (including phenoxy) is 3. The van der Waals surface area contributed by atoms with Crippen molar-refractivity contribution in [3.8, 4) is 5.75 Å². The van der Waals surface area contributed by atoms with Gasteiger partial charge in [-0.05, 0) is 37.8 Å². The summed E-state index contributed by atoms with van der Waals surface area (Å²) in [6.07, 6.45) is 4.32. The number of fused-ring (bicyclic) bond motifs is 1. The molecule has 4 aliphatic rings. The molecule has 1 saturated carbocycles. The van der Waals surface area contributed by atoms with Gasteiger partial charge >= 0.3 is 6.09 Å². The first-order chi connectivity index (χ1) is 21.1. The van der Waals surface area contributed by atoms with E-state index in [-0.39, 0.29) is 31.2 Å². The zero-order valence-corrected chi connectivity index (χ0v) is 25.4. The molecule has 240 valence electrons. The minimum atomic E-state index is -1.04. The quantitative estimate of drug-likeness (QED) is 0.233. The van der Waals surface area contributed by atoms with Crippen molar-refractivity contribution in [2.24, 2.45) is 5.92 Å². The number of morpholine rings is 1. The summed E-state index contributed by atoms with van der Waals surface area (Å²) in [6, 6.07) is 2.53. The van der Waals surface area contributed by atoms with Gasteiger partial charge in [-0.1, -0.05) is 37.8 Å². The lowest BCUT2D eigenvalue weighted by Gasteiger charge is -2.28. The second-order valence-electron chi connectivity index (χ2n) is 12.5. The molecule has 3 aliphatic heterocycles. The molecule has 44 heavy (non-hydrogen) atoms. The summed E-state index contributed by atoms with van der Waals surface area (Å²) in [5, 5.41) is 11.1. The number of ketones is 1. The van der Waals surface area contributed by atoms with Crippen LogP contribution in [0.25, 0.3) is 0 Å². The lowest BCUT2D eigenvalue weighted by molar-refractivity contribution is -0.134. The number of Topliss-reactive ketones (excluding diaryl/α,β-unsaturated/α-hetero) is 1. The van der Waals surface area contributed by atoms with E-state index in [0.29, 0.717) is 51.0 Å². The Hall–Kier alpha value is -3.55. The number of nitrogens with zero attached hydrogens (tertiary/aromatic N) is 1. The van der Waals surface area contributed by atoms with Crippen LogP contribution in [0, 0.1) is 5.92 Å². The van der Waals surface area contributed by atoms with E-state index in [1.54, 1.807) is 26.0 Å². The van der Waals surface area contributed by atoms with Crippen LogP contribution >= 0.6 is 0 Å². The maximum atomic E-state index is 13.9. The van der Waals surface area contributed by atoms with Gasteiger partial charge in [0.05, 0.1) is 32.4 Å². The van der Waals surface area contributed by atoms with Crippen molar-refractivity contribution >= 4 is 29.6 Å². The van der Waals surface area contributed by atoms with Crippen molar-refractivity contribution < 1.29 is 38.2 Å². The fourth-order valence-electron chi connectivity index (χ4n) is 6.06. The first-order valence-corrected chi connectivity index (χ1v) is 15.6. The predicted molar refractivity (Wildman–Crippen MR) is 158 cm³/mol. The monoisotopic (exact) mass is 613 g/mol. The van der Waals surface area contributed by atoms with Crippen LogP contribution in [0.3, 0.4) is 0 Å². The lowest BCUT2D eigenvalue weighted by Crippen LogP contribution is -2.57. The van der Waals surface area contributed by atoms with Gasteiger partial charge in [0.25, 0.3) is 0 Å². The molecule has 0 spiro atoms. The maximum absolute atomic E-state index is 13.9. The third-order valence-electron chi connectivity index (χ3n) is 8.84. The van der Waals surface area contributed by atoms with Crippen LogP contribution in [0.1, 0.15) is 57.1 Å². The van der Waals surface area contributed by atoms with Gasteiger partial charge in [0.1, 0.15) is 23.4 Å². The van der Waals surface area contributed by atoms with Crippen LogP contribution in [0.2, 0.25) is 0 Å². The fourth-order valence-corrected chi connectivity index (χ4v) is 6.06. The highest BCUT2D eigenvalue weighted by atomic mass is 16.6. The van der Waals surface area contributed by atoms with E-state index in [4.69, 9.17) is 14.2 Å². The normalized spacial score (nSPS) is 23.7. The number of carbonyl (C=O) groups excluding carboxylic acids is 5. The number of nitrogens with one attached hydrogen (secondary N) is 4. The number of benzene rings is 1. The topological polar surface area (TPSA) is 168 Å². The number of hydrogen-bond acceptors (Lipinski definition) is 9. The molecule has 13 nitrogen and oxygen atoms in total. The van der Waals surface area contributed by atoms with E-state index in [1.165, 1.54) is 0 Å². The average Bonchev–Trinajstić information content (AvgIpc) is 3.54. The molecule has 0 bridgehead atoms. The molecule has 4 amide bonds. The van der Waals surface area contributed by atoms with Gasteiger partial charge in [-0.15, -0.1) is 0 Å². The van der Waals surface area contributed by atoms with Gasteiger partial charge in [0, 0.05) is 31.6 Å². The van der Waals surface area contributed by atoms with Gasteiger partial charge in [0.2, 0.25) is 17.7 Å². The predicted octanol–water partition coefficient (Wildman–Crippen LogP) is 0.576. The summed E-state index contributed by atoms with van der Waals surface area (Å²) in [7, 11) is 0. The largest absolute Gasteiger partial charge is 0.412 e. The molecule has 0 radical (unpaired) electrons. The van der Waals surface area contributed by atoms with Crippen LogP contribution in [-0.4, -0.2) is 97.7 Å². The molecule has 3 heterocycles. The van der Waals surface area contributed by atoms with Crippen molar-refractivity contribution in [3.05, 3.63) is 29.3 Å². The molecule has 1 aromatic carbocycles. The van der Waals surface area contributed by atoms with Crippen molar-refractivity contribution in [3.63, 3.8) is 0 Å². The molecule has 1 aromatic rings. The molecule has 2 saturated heterocycles. The van der Waals surface area contributed by atoms with Gasteiger partial charge in [-0.25, -0.2) is 4.79 Å². The molecule has 13 heteroatoms. The summed E-state index contributed by atoms with van der Waals surface area (Å²) in [5.74, 6) is -0.713. The standard InChI is InChI=1S/C31H43N5O8/c1-19(33-26(37)17-36-9-11-42-12-10-36)28(39)35-24(15-21-7-8-25-22(13-21)16-32-30(41)44-25)29(40)34-23(14-20-5-3-4-6-20)27(38)31(2)18-43-31/h7-8,13,19-20,23-24H,3-6,9-12,14-18H2,1-2H3,(H,32,41)(H,33,37)(H,34,40)(H,35,39)/t19-,23-,24-,31+/m0/s1. The number of rotatable bonds is 13. The van der Waals surface area contributed by atoms with Crippen molar-refractivity contribution in [1.82, 2.24) is 26.2 Å². The minimum absolute atomic E-state index is 0.116. The Balaban J connectivity index is 1.29. The summed E-state index contributed by atoms with van der Waals surface area (Å²) in [4.78, 5) is 66.8. The number of carbonyl (C=O) groups is 5. The third-order valence-corrected chi connectivity index (χ3v) is 8.84. The summed E-state index contributed by atoms with van der Waals surface area (Å²) >= 11 is 0. The fraction of sp³-hybridized carbons (Fsp3) is 0.645. The number of amides is 4. The van der Waals surface area contributed by atoms with Gasteiger partial charge in [-0.2, -0.15) is 0 Å². The third kappa shape index (κ3) is 8.33. The van der Waals surface area contributed by atoms with Crippen LogP contribution in [0.4, 0.5) is 4.79 Å². The first-order valence-electron chi connectivity index (χ1n) is 15.6. The van der Waals surface area contributed by atoms with E-state index in [0.717, 1.165) is 36.8 Å².